The summed E-state index contributed by atoms with van der Waals surface area (Å²) in [5, 5.41) is 11.6. The fourth-order valence-corrected chi connectivity index (χ4v) is 3.20. The number of hydrogen-bond donors (Lipinski definition) is 2. The molecule has 0 fully saturated rings. The van der Waals surface area contributed by atoms with Crippen LogP contribution in [-0.2, 0) is 11.2 Å². The van der Waals surface area contributed by atoms with Crippen LogP contribution in [0.25, 0.3) is 11.4 Å². The fraction of sp³-hybridized carbons (Fsp3) is 0.0952. The van der Waals surface area contributed by atoms with Crippen LogP contribution < -0.4 is 10.6 Å². The third kappa shape index (κ3) is 5.37. The molecule has 0 bridgehead atoms. The minimum Gasteiger partial charge on any atom is -0.339 e. The highest BCUT2D eigenvalue weighted by molar-refractivity contribution is 7.13. The molecule has 0 unspecified atom stereocenters. The van der Waals surface area contributed by atoms with Crippen molar-refractivity contribution >= 4 is 34.0 Å². The van der Waals surface area contributed by atoms with E-state index < -0.39 is 0 Å². The summed E-state index contributed by atoms with van der Waals surface area (Å²) in [6.07, 6.45) is 2.00. The number of carbonyl (C=O) groups is 2. The highest BCUT2D eigenvalue weighted by Gasteiger charge is 2.12. The maximum atomic E-state index is 13.0. The number of carbonyl (C=O) groups excluding carboxylic acids is 2. The van der Waals surface area contributed by atoms with Crippen molar-refractivity contribution in [1.82, 2.24) is 15.1 Å². The molecule has 4 aromatic rings. The van der Waals surface area contributed by atoms with Gasteiger partial charge in [0.2, 0.25) is 17.6 Å². The van der Waals surface area contributed by atoms with Crippen LogP contribution in [0, 0.1) is 5.82 Å². The zero-order valence-electron chi connectivity index (χ0n) is 16.0. The van der Waals surface area contributed by atoms with Gasteiger partial charge in [-0.15, -0.1) is 11.3 Å². The number of nitrogens with one attached hydrogen (secondary N) is 2. The molecule has 0 radical (unpaired) electrons. The minimum absolute atomic E-state index is 0.136. The number of thiazole rings is 1. The van der Waals surface area contributed by atoms with Crippen molar-refractivity contribution < 1.29 is 18.5 Å². The van der Waals surface area contributed by atoms with E-state index in [-0.39, 0.29) is 30.5 Å². The molecule has 0 saturated heterocycles. The average molecular weight is 437 g/mol. The van der Waals surface area contributed by atoms with E-state index in [0.717, 1.165) is 0 Å². The summed E-state index contributed by atoms with van der Waals surface area (Å²) in [6.45, 7) is 0. The highest BCUT2D eigenvalue weighted by Crippen LogP contribution is 2.17. The average Bonchev–Trinajstić information content (AvgIpc) is 3.45. The van der Waals surface area contributed by atoms with Gasteiger partial charge in [-0.3, -0.25) is 14.9 Å². The van der Waals surface area contributed by atoms with E-state index in [9.17, 15) is 14.0 Å². The fourth-order valence-electron chi connectivity index (χ4n) is 2.68. The number of hydrogen-bond acceptors (Lipinski definition) is 7. The van der Waals surface area contributed by atoms with Crippen molar-refractivity contribution in [3.63, 3.8) is 0 Å². The van der Waals surface area contributed by atoms with Crippen molar-refractivity contribution in [1.29, 1.82) is 0 Å². The van der Waals surface area contributed by atoms with Crippen LogP contribution in [0.15, 0.2) is 64.6 Å². The molecule has 0 aliphatic carbocycles. The number of anilines is 2. The van der Waals surface area contributed by atoms with E-state index in [1.54, 1.807) is 48.0 Å². The van der Waals surface area contributed by atoms with Gasteiger partial charge in [-0.05, 0) is 48.5 Å². The van der Waals surface area contributed by atoms with Gasteiger partial charge in [0.25, 0.3) is 5.91 Å². The van der Waals surface area contributed by atoms with Gasteiger partial charge < -0.3 is 9.84 Å². The van der Waals surface area contributed by atoms with Crippen molar-refractivity contribution in [3.8, 4) is 11.4 Å². The van der Waals surface area contributed by atoms with Crippen LogP contribution in [0.1, 0.15) is 22.7 Å². The molecule has 0 aliphatic rings. The van der Waals surface area contributed by atoms with Crippen LogP contribution in [0.4, 0.5) is 15.2 Å². The Labute approximate surface area is 180 Å². The Bertz CT molecular complexity index is 1170. The molecule has 8 nitrogen and oxygen atoms in total. The molecule has 2 N–H and O–H groups in total. The Hall–Kier alpha value is -3.92. The number of halogens is 1. The number of benzene rings is 2. The van der Waals surface area contributed by atoms with Gasteiger partial charge >= 0.3 is 0 Å². The first-order valence-corrected chi connectivity index (χ1v) is 10.1. The molecule has 0 spiro atoms. The number of amides is 2. The Kier molecular flexibility index (Phi) is 6.08. The summed E-state index contributed by atoms with van der Waals surface area (Å²) in [4.78, 5) is 32.6. The Balaban J connectivity index is 1.28. The molecule has 2 amide bonds. The predicted octanol–water partition coefficient (Wildman–Crippen LogP) is 4.16. The Morgan fingerprint density at radius 3 is 2.52 bits per heavy atom. The standard InChI is InChI=1S/C21H16FN5O3S/c22-15-5-1-13(2-6-15)19-25-18(30-27-19)10-9-17(28)24-16-7-3-14(4-8-16)20(29)26-21-23-11-12-31-21/h1-8,11-12H,9-10H2,(H,24,28)(H,23,26,29). The lowest BCUT2D eigenvalue weighted by molar-refractivity contribution is -0.116. The molecule has 2 heterocycles. The quantitative estimate of drug-likeness (QED) is 0.449. The predicted molar refractivity (Wildman–Crippen MR) is 113 cm³/mol. The van der Waals surface area contributed by atoms with Crippen LogP contribution in [0.3, 0.4) is 0 Å². The summed E-state index contributed by atoms with van der Waals surface area (Å²) in [6, 6.07) is 12.3. The smallest absolute Gasteiger partial charge is 0.257 e. The number of rotatable bonds is 7. The lowest BCUT2D eigenvalue weighted by atomic mass is 10.2. The van der Waals surface area contributed by atoms with Crippen LogP contribution in [0.2, 0.25) is 0 Å². The first-order chi connectivity index (χ1) is 15.1. The van der Waals surface area contributed by atoms with Gasteiger partial charge in [-0.25, -0.2) is 9.37 Å². The second-order valence-electron chi connectivity index (χ2n) is 6.44. The molecule has 0 saturated carbocycles. The second kappa shape index (κ2) is 9.26. The van der Waals surface area contributed by atoms with Gasteiger partial charge in [0.1, 0.15) is 5.82 Å². The van der Waals surface area contributed by atoms with Gasteiger partial charge in [0.15, 0.2) is 5.13 Å². The molecule has 2 aromatic heterocycles. The number of aromatic nitrogens is 3. The summed E-state index contributed by atoms with van der Waals surface area (Å²) in [5.41, 5.74) is 1.64. The molecule has 31 heavy (non-hydrogen) atoms. The maximum absolute atomic E-state index is 13.0. The molecule has 156 valence electrons. The van der Waals surface area contributed by atoms with Gasteiger partial charge in [0, 0.05) is 41.2 Å². The van der Waals surface area contributed by atoms with E-state index in [1.807, 2.05) is 0 Å². The van der Waals surface area contributed by atoms with Gasteiger partial charge in [-0.2, -0.15) is 4.98 Å². The van der Waals surface area contributed by atoms with Crippen molar-refractivity contribution in [2.24, 2.45) is 0 Å². The molecule has 0 atom stereocenters. The Morgan fingerprint density at radius 1 is 1.03 bits per heavy atom. The first-order valence-electron chi connectivity index (χ1n) is 9.26. The van der Waals surface area contributed by atoms with Crippen LogP contribution in [0.5, 0.6) is 0 Å². The number of nitrogens with zero attached hydrogens (tertiary/aromatic N) is 3. The molecule has 0 aliphatic heterocycles. The second-order valence-corrected chi connectivity index (χ2v) is 7.33. The normalized spacial score (nSPS) is 10.6. The topological polar surface area (TPSA) is 110 Å². The van der Waals surface area contributed by atoms with E-state index in [4.69, 9.17) is 4.52 Å². The van der Waals surface area contributed by atoms with Crippen LogP contribution in [-0.4, -0.2) is 26.9 Å². The van der Waals surface area contributed by atoms with E-state index in [1.165, 1.54) is 23.5 Å². The van der Waals surface area contributed by atoms with Crippen LogP contribution >= 0.6 is 11.3 Å². The molecule has 4 rings (SSSR count). The lowest BCUT2D eigenvalue weighted by Gasteiger charge is -2.06. The lowest BCUT2D eigenvalue weighted by Crippen LogP contribution is -2.14. The SMILES string of the molecule is O=C(CCc1nc(-c2ccc(F)cc2)no1)Nc1ccc(C(=O)Nc2nccs2)cc1. The highest BCUT2D eigenvalue weighted by atomic mass is 32.1. The molecular formula is C21H16FN5O3S. The monoisotopic (exact) mass is 437 g/mol. The summed E-state index contributed by atoms with van der Waals surface area (Å²) >= 11 is 1.33. The summed E-state index contributed by atoms with van der Waals surface area (Å²) < 4.78 is 18.2. The van der Waals surface area contributed by atoms with E-state index >= 15 is 0 Å². The third-order valence-corrected chi connectivity index (χ3v) is 4.91. The van der Waals surface area contributed by atoms with E-state index in [2.05, 4.69) is 25.8 Å². The van der Waals surface area contributed by atoms with Crippen molar-refractivity contribution in [2.45, 2.75) is 12.8 Å². The summed E-state index contributed by atoms with van der Waals surface area (Å²) in [7, 11) is 0. The molecular weight excluding hydrogens is 421 g/mol. The zero-order chi connectivity index (χ0) is 21.6. The Morgan fingerprint density at radius 2 is 1.81 bits per heavy atom. The van der Waals surface area contributed by atoms with Gasteiger partial charge in [-0.1, -0.05) is 5.16 Å². The van der Waals surface area contributed by atoms with E-state index in [0.29, 0.717) is 33.7 Å². The maximum Gasteiger partial charge on any atom is 0.257 e. The zero-order valence-corrected chi connectivity index (χ0v) is 16.9. The largest absolute Gasteiger partial charge is 0.339 e. The number of aryl methyl sites for hydroxylation is 1. The third-order valence-electron chi connectivity index (χ3n) is 4.22. The molecule has 2 aromatic carbocycles. The first kappa shape index (κ1) is 20.4. The van der Waals surface area contributed by atoms with Crippen molar-refractivity contribution in [2.75, 3.05) is 10.6 Å². The van der Waals surface area contributed by atoms with Gasteiger partial charge in [0.05, 0.1) is 0 Å². The molecule has 10 heteroatoms. The van der Waals surface area contributed by atoms with Crippen molar-refractivity contribution in [3.05, 3.63) is 77.4 Å². The summed E-state index contributed by atoms with van der Waals surface area (Å²) in [5.74, 6) is -0.217. The minimum atomic E-state index is -0.350.